The first kappa shape index (κ1) is 24.7. The number of amides is 1. The summed E-state index contributed by atoms with van der Waals surface area (Å²) in [6.07, 6.45) is 3.90. The van der Waals surface area contributed by atoms with Crippen LogP contribution in [-0.2, 0) is 4.79 Å². The Bertz CT molecular complexity index is 1220. The molecule has 1 aliphatic heterocycles. The summed E-state index contributed by atoms with van der Waals surface area (Å²) in [6.45, 7) is 9.97. The number of benzene rings is 1. The maximum atomic E-state index is 12.6. The minimum atomic E-state index is -0.520. The summed E-state index contributed by atoms with van der Waals surface area (Å²) in [7, 11) is 1.60. The second-order valence-electron chi connectivity index (χ2n) is 10.0. The van der Waals surface area contributed by atoms with Gasteiger partial charge in [0.05, 0.1) is 24.5 Å². The van der Waals surface area contributed by atoms with Crippen LogP contribution in [0.25, 0.3) is 0 Å². The number of anilines is 2. The minimum absolute atomic E-state index is 0.0789. The molecule has 2 atom stereocenters. The van der Waals surface area contributed by atoms with Crippen molar-refractivity contribution in [3.05, 3.63) is 72.3 Å². The lowest BCUT2D eigenvalue weighted by Gasteiger charge is -2.30. The molecule has 3 heterocycles. The van der Waals surface area contributed by atoms with Crippen LogP contribution in [0.4, 0.5) is 11.4 Å². The first-order valence-corrected chi connectivity index (χ1v) is 12.2. The molecule has 35 heavy (non-hydrogen) atoms. The van der Waals surface area contributed by atoms with E-state index in [-0.39, 0.29) is 24.0 Å². The van der Waals surface area contributed by atoms with E-state index in [9.17, 15) is 4.79 Å². The molecule has 7 nitrogen and oxygen atoms in total. The molecular formula is C27H33N5O2S. The summed E-state index contributed by atoms with van der Waals surface area (Å²) in [5.74, 6) is 0.493. The summed E-state index contributed by atoms with van der Waals surface area (Å²) in [5.41, 5.74) is 3.02. The van der Waals surface area contributed by atoms with Crippen LogP contribution in [0.3, 0.4) is 0 Å². The molecule has 1 aliphatic rings. The molecule has 1 aromatic carbocycles. The zero-order valence-corrected chi connectivity index (χ0v) is 21.9. The van der Waals surface area contributed by atoms with Gasteiger partial charge in [-0.05, 0) is 62.5 Å². The van der Waals surface area contributed by atoms with Gasteiger partial charge in [0.15, 0.2) is 5.11 Å². The zero-order chi connectivity index (χ0) is 25.3. The lowest BCUT2D eigenvalue weighted by molar-refractivity contribution is -0.123. The highest BCUT2D eigenvalue weighted by Gasteiger charge is 2.42. The summed E-state index contributed by atoms with van der Waals surface area (Å²) in [5, 5.41) is 7.09. The molecule has 8 heteroatoms. The van der Waals surface area contributed by atoms with E-state index in [0.29, 0.717) is 16.5 Å². The Morgan fingerprint density at radius 2 is 1.94 bits per heavy atom. The SMILES string of the molecule is COc1cc(N2C(=S)N[C@H](c3ccccn3)[C@@H]2c2cccn2C(C)C)ccc1NC(=O)C(C)(C)C. The van der Waals surface area contributed by atoms with Crippen molar-refractivity contribution < 1.29 is 9.53 Å². The molecule has 1 saturated heterocycles. The molecule has 0 radical (unpaired) electrons. The van der Waals surface area contributed by atoms with Crippen LogP contribution in [0.2, 0.25) is 0 Å². The number of carbonyl (C=O) groups is 1. The molecule has 0 saturated carbocycles. The van der Waals surface area contributed by atoms with Crippen molar-refractivity contribution in [2.75, 3.05) is 17.3 Å². The van der Waals surface area contributed by atoms with Gasteiger partial charge in [-0.3, -0.25) is 9.78 Å². The largest absolute Gasteiger partial charge is 0.494 e. The highest BCUT2D eigenvalue weighted by atomic mass is 32.1. The van der Waals surface area contributed by atoms with Crippen molar-refractivity contribution in [1.29, 1.82) is 0 Å². The highest BCUT2D eigenvalue weighted by Crippen LogP contribution is 2.44. The molecule has 1 fully saturated rings. The highest BCUT2D eigenvalue weighted by molar-refractivity contribution is 7.80. The van der Waals surface area contributed by atoms with Crippen LogP contribution in [0, 0.1) is 5.41 Å². The topological polar surface area (TPSA) is 71.4 Å². The molecule has 1 amide bonds. The molecule has 3 aromatic rings. The first-order chi connectivity index (χ1) is 16.6. The number of thiocarbonyl (C=S) groups is 1. The van der Waals surface area contributed by atoms with E-state index in [4.69, 9.17) is 17.0 Å². The van der Waals surface area contributed by atoms with Crippen LogP contribution in [-0.4, -0.2) is 27.7 Å². The average Bonchev–Trinajstić information content (AvgIpc) is 3.43. The van der Waals surface area contributed by atoms with Crippen LogP contribution in [0.1, 0.15) is 64.1 Å². The van der Waals surface area contributed by atoms with Gasteiger partial charge in [-0.1, -0.05) is 26.8 Å². The Balaban J connectivity index is 1.79. The van der Waals surface area contributed by atoms with Crippen LogP contribution >= 0.6 is 12.2 Å². The standard InChI is InChI=1S/C27H33N5O2S/c1-17(2)31-15-9-11-21(31)24-23(20-10-7-8-14-28-20)30-26(35)32(24)18-12-13-19(22(16-18)34-6)29-25(33)27(3,4)5/h7-17,23-24H,1-6H3,(H,29,33)(H,30,35)/t23-,24+/m1/s1. The lowest BCUT2D eigenvalue weighted by Crippen LogP contribution is -2.31. The van der Waals surface area contributed by atoms with Gasteiger partial charge in [0, 0.05) is 41.3 Å². The van der Waals surface area contributed by atoms with E-state index in [0.717, 1.165) is 17.1 Å². The molecule has 4 rings (SSSR count). The fourth-order valence-electron chi connectivity index (χ4n) is 4.30. The molecule has 0 aliphatic carbocycles. The Kier molecular flexibility index (Phi) is 6.85. The third-order valence-electron chi connectivity index (χ3n) is 6.16. The maximum Gasteiger partial charge on any atom is 0.229 e. The van der Waals surface area contributed by atoms with Gasteiger partial charge >= 0.3 is 0 Å². The van der Waals surface area contributed by atoms with Crippen molar-refractivity contribution >= 4 is 34.6 Å². The average molecular weight is 492 g/mol. The third-order valence-corrected chi connectivity index (χ3v) is 6.48. The number of carbonyl (C=O) groups excluding carboxylic acids is 1. The second-order valence-corrected chi connectivity index (χ2v) is 10.4. The molecule has 2 aromatic heterocycles. The first-order valence-electron chi connectivity index (χ1n) is 11.8. The van der Waals surface area contributed by atoms with Gasteiger partial charge in [-0.25, -0.2) is 0 Å². The van der Waals surface area contributed by atoms with E-state index in [1.54, 1.807) is 13.3 Å². The fourth-order valence-corrected chi connectivity index (χ4v) is 4.65. The molecule has 0 bridgehead atoms. The Labute approximate surface area is 212 Å². The third kappa shape index (κ3) is 4.89. The number of methoxy groups -OCH3 is 1. The van der Waals surface area contributed by atoms with Gasteiger partial charge in [0.1, 0.15) is 11.8 Å². The summed E-state index contributed by atoms with van der Waals surface area (Å²) in [4.78, 5) is 19.3. The van der Waals surface area contributed by atoms with E-state index in [1.165, 1.54) is 0 Å². The Morgan fingerprint density at radius 3 is 2.57 bits per heavy atom. The minimum Gasteiger partial charge on any atom is -0.494 e. The van der Waals surface area contributed by atoms with Gasteiger partial charge in [-0.2, -0.15) is 0 Å². The fraction of sp³-hybridized carbons (Fsp3) is 0.370. The molecule has 184 valence electrons. The van der Waals surface area contributed by atoms with Crippen LogP contribution < -0.4 is 20.3 Å². The van der Waals surface area contributed by atoms with E-state index in [2.05, 4.69) is 57.3 Å². The van der Waals surface area contributed by atoms with Gasteiger partial charge in [0.25, 0.3) is 0 Å². The summed E-state index contributed by atoms with van der Waals surface area (Å²) in [6, 6.07) is 15.9. The van der Waals surface area contributed by atoms with E-state index in [1.807, 2.05) is 57.2 Å². The van der Waals surface area contributed by atoms with Crippen molar-refractivity contribution in [2.24, 2.45) is 5.41 Å². The smallest absolute Gasteiger partial charge is 0.229 e. The van der Waals surface area contributed by atoms with Gasteiger partial charge < -0.3 is 24.8 Å². The van der Waals surface area contributed by atoms with Crippen LogP contribution in [0.15, 0.2) is 60.9 Å². The van der Waals surface area contributed by atoms with Crippen molar-refractivity contribution in [2.45, 2.75) is 52.7 Å². The normalized spacial score (nSPS) is 18.0. The number of hydrogen-bond donors (Lipinski definition) is 2. The predicted octanol–water partition coefficient (Wildman–Crippen LogP) is 5.63. The monoisotopic (exact) mass is 491 g/mol. The maximum absolute atomic E-state index is 12.6. The Morgan fingerprint density at radius 1 is 1.17 bits per heavy atom. The number of nitrogens with one attached hydrogen (secondary N) is 2. The van der Waals surface area contributed by atoms with E-state index < -0.39 is 5.41 Å². The summed E-state index contributed by atoms with van der Waals surface area (Å²) < 4.78 is 7.93. The number of pyridine rings is 1. The van der Waals surface area contributed by atoms with Crippen molar-refractivity contribution in [3.8, 4) is 5.75 Å². The number of rotatable bonds is 6. The predicted molar refractivity (Wildman–Crippen MR) is 144 cm³/mol. The molecular weight excluding hydrogens is 458 g/mol. The van der Waals surface area contributed by atoms with Crippen LogP contribution in [0.5, 0.6) is 5.75 Å². The number of hydrogen-bond acceptors (Lipinski definition) is 4. The van der Waals surface area contributed by atoms with Crippen molar-refractivity contribution in [1.82, 2.24) is 14.9 Å². The number of ether oxygens (including phenoxy) is 1. The Hall–Kier alpha value is -3.39. The molecule has 0 unspecified atom stereocenters. The number of nitrogens with zero attached hydrogens (tertiary/aromatic N) is 3. The number of aromatic nitrogens is 2. The second kappa shape index (κ2) is 9.70. The van der Waals surface area contributed by atoms with Gasteiger partial charge in [0.2, 0.25) is 5.91 Å². The van der Waals surface area contributed by atoms with Gasteiger partial charge in [-0.15, -0.1) is 0 Å². The molecule has 2 N–H and O–H groups in total. The summed E-state index contributed by atoms with van der Waals surface area (Å²) >= 11 is 5.86. The zero-order valence-electron chi connectivity index (χ0n) is 21.1. The van der Waals surface area contributed by atoms with E-state index >= 15 is 0 Å². The quantitative estimate of drug-likeness (QED) is 0.435. The lowest BCUT2D eigenvalue weighted by atomic mass is 9.95. The molecule has 0 spiro atoms. The van der Waals surface area contributed by atoms with Crippen molar-refractivity contribution in [3.63, 3.8) is 0 Å².